The van der Waals surface area contributed by atoms with Crippen LogP contribution in [0.25, 0.3) is 5.57 Å². The Morgan fingerprint density at radius 2 is 2.14 bits per heavy atom. The van der Waals surface area contributed by atoms with Crippen LogP contribution >= 0.6 is 0 Å². The van der Waals surface area contributed by atoms with E-state index in [-0.39, 0.29) is 6.09 Å². The molecule has 1 aliphatic heterocycles. The highest BCUT2D eigenvalue weighted by Gasteiger charge is 2.24. The van der Waals surface area contributed by atoms with Gasteiger partial charge in [-0.2, -0.15) is 0 Å². The molecule has 0 bridgehead atoms. The predicted octanol–water partition coefficient (Wildman–Crippen LogP) is 3.50. The number of aromatic nitrogens is 1. The van der Waals surface area contributed by atoms with E-state index in [2.05, 4.69) is 10.2 Å². The van der Waals surface area contributed by atoms with Gasteiger partial charge in [-0.15, -0.1) is 4.91 Å². The Hall–Kier alpha value is -2.24. The third-order valence-electron chi connectivity index (χ3n) is 3.04. The molecule has 0 N–H and O–H groups in total. The number of rotatable bonds is 2. The topological polar surface area (TPSA) is 71.9 Å². The summed E-state index contributed by atoms with van der Waals surface area (Å²) in [4.78, 5) is 28.2. The third-order valence-corrected chi connectivity index (χ3v) is 3.04. The minimum atomic E-state index is -0.486. The molecule has 0 atom stereocenters. The second-order valence-electron chi connectivity index (χ2n) is 5.90. The maximum atomic E-state index is 12.0. The molecule has 0 saturated heterocycles. The van der Waals surface area contributed by atoms with Crippen molar-refractivity contribution in [1.29, 1.82) is 0 Å². The molecule has 2 rings (SSSR count). The van der Waals surface area contributed by atoms with Crippen LogP contribution in [-0.4, -0.2) is 34.7 Å². The van der Waals surface area contributed by atoms with Crippen LogP contribution in [0, 0.1) is 4.91 Å². The van der Waals surface area contributed by atoms with Gasteiger partial charge in [-0.1, -0.05) is 6.08 Å². The molecule has 21 heavy (non-hydrogen) atoms. The fourth-order valence-corrected chi connectivity index (χ4v) is 2.02. The molecule has 2 heterocycles. The predicted molar refractivity (Wildman–Crippen MR) is 80.1 cm³/mol. The summed E-state index contributed by atoms with van der Waals surface area (Å²) < 4.78 is 5.34. The fraction of sp³-hybridized carbons (Fsp3) is 0.467. The molecule has 0 fully saturated rings. The van der Waals surface area contributed by atoms with Crippen LogP contribution in [0.3, 0.4) is 0 Å². The number of amides is 1. The Morgan fingerprint density at radius 1 is 1.38 bits per heavy atom. The molecule has 0 saturated carbocycles. The average Bonchev–Trinajstić information content (AvgIpc) is 2.46. The Bertz CT molecular complexity index is 559. The molecule has 0 aliphatic carbocycles. The number of hydrogen-bond donors (Lipinski definition) is 0. The molecule has 112 valence electrons. The van der Waals surface area contributed by atoms with E-state index in [1.54, 1.807) is 17.0 Å². The monoisotopic (exact) mass is 289 g/mol. The molecule has 1 aliphatic rings. The van der Waals surface area contributed by atoms with Crippen LogP contribution in [0.2, 0.25) is 0 Å². The Balaban J connectivity index is 2.01. The van der Waals surface area contributed by atoms with Crippen molar-refractivity contribution < 1.29 is 9.53 Å². The highest BCUT2D eigenvalue weighted by atomic mass is 16.6. The van der Waals surface area contributed by atoms with Crippen LogP contribution < -0.4 is 0 Å². The summed E-state index contributed by atoms with van der Waals surface area (Å²) in [6.07, 6.45) is 3.82. The van der Waals surface area contributed by atoms with Gasteiger partial charge in [0.05, 0.1) is 11.9 Å². The van der Waals surface area contributed by atoms with E-state index in [1.807, 2.05) is 26.8 Å². The maximum Gasteiger partial charge on any atom is 0.410 e. The van der Waals surface area contributed by atoms with E-state index in [1.165, 1.54) is 6.20 Å². The first-order chi connectivity index (χ1) is 9.89. The summed E-state index contributed by atoms with van der Waals surface area (Å²) in [7, 11) is 0. The summed E-state index contributed by atoms with van der Waals surface area (Å²) in [5.74, 6) is 0. The minimum Gasteiger partial charge on any atom is -0.444 e. The van der Waals surface area contributed by atoms with Gasteiger partial charge in [0.25, 0.3) is 0 Å². The Morgan fingerprint density at radius 3 is 2.62 bits per heavy atom. The zero-order valence-electron chi connectivity index (χ0n) is 12.5. The lowest BCUT2D eigenvalue weighted by molar-refractivity contribution is 0.0270. The molecule has 0 unspecified atom stereocenters. The zero-order valence-corrected chi connectivity index (χ0v) is 12.5. The van der Waals surface area contributed by atoms with Gasteiger partial charge in [0, 0.05) is 13.1 Å². The van der Waals surface area contributed by atoms with Crippen molar-refractivity contribution in [3.8, 4) is 0 Å². The lowest BCUT2D eigenvalue weighted by atomic mass is 10.0. The molecule has 6 heteroatoms. The van der Waals surface area contributed by atoms with Crippen LogP contribution in [-0.2, 0) is 4.74 Å². The average molecular weight is 289 g/mol. The van der Waals surface area contributed by atoms with Gasteiger partial charge < -0.3 is 9.64 Å². The number of nitrogens with zero attached hydrogens (tertiary/aromatic N) is 3. The number of carbonyl (C=O) groups is 1. The summed E-state index contributed by atoms with van der Waals surface area (Å²) >= 11 is 0. The quantitative estimate of drug-likeness (QED) is 0.781. The molecular formula is C15H19N3O3. The van der Waals surface area contributed by atoms with Crippen LogP contribution in [0.15, 0.2) is 29.6 Å². The second-order valence-corrected chi connectivity index (χ2v) is 5.90. The summed E-state index contributed by atoms with van der Waals surface area (Å²) in [6.45, 7) is 6.64. The SMILES string of the molecule is CC(C)(C)OC(=O)N1CC=C(c2ccc(N=O)cn2)CC1. The summed E-state index contributed by atoms with van der Waals surface area (Å²) in [5.41, 5.74) is 1.70. The Kier molecular flexibility index (Phi) is 4.35. The molecule has 1 aromatic rings. The lowest BCUT2D eigenvalue weighted by Crippen LogP contribution is -2.39. The van der Waals surface area contributed by atoms with Crippen molar-refractivity contribution in [2.75, 3.05) is 13.1 Å². The highest BCUT2D eigenvalue weighted by molar-refractivity contribution is 5.72. The molecule has 0 aromatic carbocycles. The summed E-state index contributed by atoms with van der Waals surface area (Å²) in [6, 6.07) is 3.40. The molecular weight excluding hydrogens is 270 g/mol. The van der Waals surface area contributed by atoms with E-state index < -0.39 is 5.60 Å². The van der Waals surface area contributed by atoms with Crippen molar-refractivity contribution >= 4 is 17.4 Å². The second kappa shape index (κ2) is 6.03. The number of ether oxygens (including phenoxy) is 1. The standard InChI is InChI=1S/C15H19N3O3/c1-15(2,3)21-14(19)18-8-6-11(7-9-18)13-5-4-12(17-20)10-16-13/h4-6,10H,7-9H2,1-3H3. The van der Waals surface area contributed by atoms with Crippen LogP contribution in [0.4, 0.5) is 10.5 Å². The normalized spacial score (nSPS) is 15.4. The van der Waals surface area contributed by atoms with Crippen molar-refractivity contribution in [3.05, 3.63) is 35.0 Å². The van der Waals surface area contributed by atoms with Crippen LogP contribution in [0.5, 0.6) is 0 Å². The molecule has 0 spiro atoms. The molecule has 1 aromatic heterocycles. The first-order valence-corrected chi connectivity index (χ1v) is 6.86. The molecule has 1 amide bonds. The van der Waals surface area contributed by atoms with Gasteiger partial charge in [-0.25, -0.2) is 4.79 Å². The van der Waals surface area contributed by atoms with Gasteiger partial charge in [-0.3, -0.25) is 4.98 Å². The fourth-order valence-electron chi connectivity index (χ4n) is 2.02. The van der Waals surface area contributed by atoms with Gasteiger partial charge in [0.15, 0.2) is 0 Å². The van der Waals surface area contributed by atoms with Crippen molar-refractivity contribution in [2.45, 2.75) is 32.8 Å². The number of hydrogen-bond acceptors (Lipinski definition) is 5. The van der Waals surface area contributed by atoms with E-state index in [0.29, 0.717) is 25.2 Å². The van der Waals surface area contributed by atoms with Gasteiger partial charge >= 0.3 is 6.09 Å². The number of carbonyl (C=O) groups excluding carboxylic acids is 1. The zero-order chi connectivity index (χ0) is 15.5. The minimum absolute atomic E-state index is 0.300. The first kappa shape index (κ1) is 15.2. The van der Waals surface area contributed by atoms with Crippen LogP contribution in [0.1, 0.15) is 32.9 Å². The van der Waals surface area contributed by atoms with E-state index >= 15 is 0 Å². The Labute approximate surface area is 123 Å². The van der Waals surface area contributed by atoms with Gasteiger partial charge in [0.1, 0.15) is 11.3 Å². The van der Waals surface area contributed by atoms with Crippen molar-refractivity contribution in [3.63, 3.8) is 0 Å². The highest BCUT2D eigenvalue weighted by Crippen LogP contribution is 2.23. The van der Waals surface area contributed by atoms with Gasteiger partial charge in [-0.05, 0) is 50.1 Å². The molecule has 0 radical (unpaired) electrons. The van der Waals surface area contributed by atoms with Crippen molar-refractivity contribution in [1.82, 2.24) is 9.88 Å². The maximum absolute atomic E-state index is 12.0. The molecule has 6 nitrogen and oxygen atoms in total. The van der Waals surface area contributed by atoms with Crippen molar-refractivity contribution in [2.24, 2.45) is 5.18 Å². The van der Waals surface area contributed by atoms with E-state index in [9.17, 15) is 9.70 Å². The lowest BCUT2D eigenvalue weighted by Gasteiger charge is -2.29. The third kappa shape index (κ3) is 4.11. The largest absolute Gasteiger partial charge is 0.444 e. The summed E-state index contributed by atoms with van der Waals surface area (Å²) in [5, 5.41) is 2.82. The van der Waals surface area contributed by atoms with E-state index in [4.69, 9.17) is 4.74 Å². The number of pyridine rings is 1. The smallest absolute Gasteiger partial charge is 0.410 e. The number of nitroso groups, excluding NO2 is 1. The van der Waals surface area contributed by atoms with E-state index in [0.717, 1.165) is 11.3 Å². The first-order valence-electron chi connectivity index (χ1n) is 6.86. The van der Waals surface area contributed by atoms with Gasteiger partial charge in [0.2, 0.25) is 0 Å².